The summed E-state index contributed by atoms with van der Waals surface area (Å²) in [5, 5.41) is 12.2. The Kier molecular flexibility index (Phi) is 3.03. The van der Waals surface area contributed by atoms with Crippen LogP contribution < -0.4 is 0 Å². The lowest BCUT2D eigenvalue weighted by atomic mass is 9.96. The van der Waals surface area contributed by atoms with Gasteiger partial charge in [0.15, 0.2) is 0 Å². The van der Waals surface area contributed by atoms with E-state index in [2.05, 4.69) is 9.97 Å². The van der Waals surface area contributed by atoms with Crippen LogP contribution in [0.3, 0.4) is 0 Å². The van der Waals surface area contributed by atoms with Crippen molar-refractivity contribution in [2.45, 2.75) is 19.3 Å². The summed E-state index contributed by atoms with van der Waals surface area (Å²) in [6.45, 7) is 4.07. The van der Waals surface area contributed by atoms with Gasteiger partial charge in [-0.05, 0) is 12.1 Å². The van der Waals surface area contributed by atoms with Crippen molar-refractivity contribution < 1.29 is 5.11 Å². The first-order valence-corrected chi connectivity index (χ1v) is 5.99. The van der Waals surface area contributed by atoms with Crippen molar-refractivity contribution in [3.05, 3.63) is 34.9 Å². The molecule has 0 bridgehead atoms. The summed E-state index contributed by atoms with van der Waals surface area (Å²) in [4.78, 5) is 8.61. The van der Waals surface area contributed by atoms with Crippen LogP contribution in [0.5, 0.6) is 0 Å². The minimum absolute atomic E-state index is 0.104. The third kappa shape index (κ3) is 2.13. The van der Waals surface area contributed by atoms with E-state index < -0.39 is 0 Å². The Morgan fingerprint density at radius 3 is 2.88 bits per heavy atom. The molecule has 0 saturated heterocycles. The maximum atomic E-state index is 9.28. The van der Waals surface area contributed by atoms with Gasteiger partial charge in [0.25, 0.3) is 0 Å². The minimum atomic E-state index is -0.273. The van der Waals surface area contributed by atoms with E-state index in [0.717, 1.165) is 16.3 Å². The first kappa shape index (κ1) is 11.2. The van der Waals surface area contributed by atoms with E-state index in [-0.39, 0.29) is 12.0 Å². The Hall–Kier alpha value is -1.26. The van der Waals surface area contributed by atoms with E-state index in [1.807, 2.05) is 31.4 Å². The number of aromatic nitrogens is 2. The van der Waals surface area contributed by atoms with Crippen LogP contribution >= 0.6 is 11.3 Å². The molecule has 0 radical (unpaired) electrons. The number of hydrogen-bond donors (Lipinski definition) is 1. The molecule has 84 valence electrons. The minimum Gasteiger partial charge on any atom is -0.395 e. The lowest BCUT2D eigenvalue weighted by molar-refractivity contribution is 0.218. The molecular weight excluding hydrogens is 220 g/mol. The largest absolute Gasteiger partial charge is 0.395 e. The maximum Gasteiger partial charge on any atom is 0.101 e. The molecule has 4 heteroatoms. The van der Waals surface area contributed by atoms with Crippen molar-refractivity contribution in [1.29, 1.82) is 0 Å². The van der Waals surface area contributed by atoms with Gasteiger partial charge in [0.05, 0.1) is 12.3 Å². The molecule has 0 saturated carbocycles. The number of hydrogen-bond acceptors (Lipinski definition) is 4. The van der Waals surface area contributed by atoms with Crippen molar-refractivity contribution in [1.82, 2.24) is 9.97 Å². The number of nitrogens with zero attached hydrogens (tertiary/aromatic N) is 2. The Labute approximate surface area is 98.8 Å². The molecule has 0 aliphatic heterocycles. The van der Waals surface area contributed by atoms with Gasteiger partial charge in [0, 0.05) is 28.8 Å². The first-order valence-electron chi connectivity index (χ1n) is 5.11. The summed E-state index contributed by atoms with van der Waals surface area (Å²) in [7, 11) is 0. The van der Waals surface area contributed by atoms with E-state index >= 15 is 0 Å². The quantitative estimate of drug-likeness (QED) is 0.887. The molecule has 2 heterocycles. The normalized spacial score (nSPS) is 11.7. The fourth-order valence-electron chi connectivity index (χ4n) is 1.30. The van der Waals surface area contributed by atoms with Gasteiger partial charge in [-0.3, -0.25) is 4.98 Å². The molecule has 2 aromatic heterocycles. The van der Waals surface area contributed by atoms with E-state index in [1.54, 1.807) is 23.7 Å². The number of aliphatic hydroxyl groups is 1. The van der Waals surface area contributed by atoms with Gasteiger partial charge in [-0.25, -0.2) is 4.98 Å². The second-order valence-electron chi connectivity index (χ2n) is 4.32. The molecule has 0 aromatic carbocycles. The standard InChI is InChI=1S/C12H14N2OS/c1-12(2,8-15)11-14-10(7-16-11)9-4-3-5-13-6-9/h3-7,15H,8H2,1-2H3. The molecule has 1 N–H and O–H groups in total. The van der Waals surface area contributed by atoms with E-state index in [0.29, 0.717) is 0 Å². The van der Waals surface area contributed by atoms with Crippen LogP contribution in [0.15, 0.2) is 29.9 Å². The van der Waals surface area contributed by atoms with E-state index in [4.69, 9.17) is 0 Å². The zero-order valence-electron chi connectivity index (χ0n) is 9.34. The Morgan fingerprint density at radius 1 is 1.44 bits per heavy atom. The average Bonchev–Trinajstić information content (AvgIpc) is 2.80. The number of aliphatic hydroxyl groups excluding tert-OH is 1. The fraction of sp³-hybridized carbons (Fsp3) is 0.333. The highest BCUT2D eigenvalue weighted by Gasteiger charge is 2.23. The van der Waals surface area contributed by atoms with Gasteiger partial charge >= 0.3 is 0 Å². The monoisotopic (exact) mass is 234 g/mol. The molecule has 16 heavy (non-hydrogen) atoms. The highest BCUT2D eigenvalue weighted by atomic mass is 32.1. The maximum absolute atomic E-state index is 9.28. The van der Waals surface area contributed by atoms with Gasteiger partial charge in [-0.2, -0.15) is 0 Å². The molecule has 0 aliphatic rings. The van der Waals surface area contributed by atoms with Crippen LogP contribution in [-0.4, -0.2) is 21.7 Å². The smallest absolute Gasteiger partial charge is 0.101 e. The zero-order valence-corrected chi connectivity index (χ0v) is 10.2. The first-order chi connectivity index (χ1) is 7.63. The zero-order chi connectivity index (χ0) is 11.6. The summed E-state index contributed by atoms with van der Waals surface area (Å²) >= 11 is 1.58. The van der Waals surface area contributed by atoms with Crippen LogP contribution in [0.25, 0.3) is 11.3 Å². The van der Waals surface area contributed by atoms with E-state index in [1.165, 1.54) is 0 Å². The lowest BCUT2D eigenvalue weighted by Gasteiger charge is -2.17. The third-order valence-corrected chi connectivity index (χ3v) is 3.64. The second kappa shape index (κ2) is 4.31. The lowest BCUT2D eigenvalue weighted by Crippen LogP contribution is -2.21. The Balaban J connectivity index is 2.34. The molecule has 0 unspecified atom stereocenters. The summed E-state index contributed by atoms with van der Waals surface area (Å²) in [5.41, 5.74) is 1.67. The highest BCUT2D eigenvalue weighted by molar-refractivity contribution is 7.10. The molecular formula is C12H14N2OS. The Bertz CT molecular complexity index is 465. The molecule has 0 aliphatic carbocycles. The SMILES string of the molecule is CC(C)(CO)c1nc(-c2cccnc2)cs1. The van der Waals surface area contributed by atoms with Crippen molar-refractivity contribution in [2.75, 3.05) is 6.61 Å². The van der Waals surface area contributed by atoms with Crippen molar-refractivity contribution in [3.63, 3.8) is 0 Å². The predicted molar refractivity (Wildman–Crippen MR) is 65.5 cm³/mol. The average molecular weight is 234 g/mol. The summed E-state index contributed by atoms with van der Waals surface area (Å²) in [6.07, 6.45) is 3.54. The molecule has 2 rings (SSSR count). The second-order valence-corrected chi connectivity index (χ2v) is 5.18. The number of thiazole rings is 1. The topological polar surface area (TPSA) is 46.0 Å². The van der Waals surface area contributed by atoms with Gasteiger partial charge in [-0.15, -0.1) is 11.3 Å². The molecule has 0 spiro atoms. The fourth-order valence-corrected chi connectivity index (χ4v) is 2.25. The summed E-state index contributed by atoms with van der Waals surface area (Å²) < 4.78 is 0. The highest BCUT2D eigenvalue weighted by Crippen LogP contribution is 2.29. The van der Waals surface area contributed by atoms with Crippen LogP contribution in [-0.2, 0) is 5.41 Å². The van der Waals surface area contributed by atoms with Crippen LogP contribution in [0.1, 0.15) is 18.9 Å². The van der Waals surface area contributed by atoms with Gasteiger partial charge < -0.3 is 5.11 Å². The number of pyridine rings is 1. The van der Waals surface area contributed by atoms with Gasteiger partial charge in [-0.1, -0.05) is 13.8 Å². The van der Waals surface area contributed by atoms with Crippen LogP contribution in [0, 0.1) is 0 Å². The van der Waals surface area contributed by atoms with Crippen LogP contribution in [0.4, 0.5) is 0 Å². The van der Waals surface area contributed by atoms with Crippen molar-refractivity contribution in [3.8, 4) is 11.3 Å². The van der Waals surface area contributed by atoms with Gasteiger partial charge in [0.1, 0.15) is 5.01 Å². The molecule has 0 atom stereocenters. The molecule has 0 amide bonds. The summed E-state index contributed by atoms with van der Waals surface area (Å²) in [5.74, 6) is 0. The van der Waals surface area contributed by atoms with Crippen LogP contribution in [0.2, 0.25) is 0 Å². The van der Waals surface area contributed by atoms with E-state index in [9.17, 15) is 5.11 Å². The molecule has 3 nitrogen and oxygen atoms in total. The molecule has 0 fully saturated rings. The van der Waals surface area contributed by atoms with Crippen molar-refractivity contribution in [2.24, 2.45) is 0 Å². The Morgan fingerprint density at radius 2 is 2.25 bits per heavy atom. The van der Waals surface area contributed by atoms with Crippen molar-refractivity contribution >= 4 is 11.3 Å². The van der Waals surface area contributed by atoms with Gasteiger partial charge in [0.2, 0.25) is 0 Å². The number of rotatable bonds is 3. The third-order valence-electron chi connectivity index (χ3n) is 2.44. The molecule has 2 aromatic rings. The predicted octanol–water partition coefficient (Wildman–Crippen LogP) is 2.48. The summed E-state index contributed by atoms with van der Waals surface area (Å²) in [6, 6.07) is 3.88.